The highest BCUT2D eigenvalue weighted by Gasteiger charge is 2.46. The van der Waals surface area contributed by atoms with Crippen molar-refractivity contribution in [3.63, 3.8) is 0 Å². The summed E-state index contributed by atoms with van der Waals surface area (Å²) in [5, 5.41) is 10.0. The lowest BCUT2D eigenvalue weighted by molar-refractivity contribution is -0.157. The Labute approximate surface area is 174 Å². The third-order valence-corrected chi connectivity index (χ3v) is 4.44. The van der Waals surface area contributed by atoms with Crippen molar-refractivity contribution in [3.05, 3.63) is 72.3 Å². The molecule has 8 heteroatoms. The lowest BCUT2D eigenvalue weighted by Crippen LogP contribution is -2.50. The number of aliphatic carboxylic acids is 1. The largest absolute Gasteiger partial charge is 0.481 e. The summed E-state index contributed by atoms with van der Waals surface area (Å²) in [6, 6.07) is 19.1. The molecule has 2 aromatic carbocycles. The van der Waals surface area contributed by atoms with Gasteiger partial charge in [0.05, 0.1) is 20.3 Å². The van der Waals surface area contributed by atoms with E-state index in [1.807, 2.05) is 12.1 Å². The smallest absolute Gasteiger partial charge is 0.349 e. The Bertz CT molecular complexity index is 961. The fraction of sp³-hybridized carbons (Fsp3) is 0.227. The van der Waals surface area contributed by atoms with Gasteiger partial charge in [-0.2, -0.15) is 9.97 Å². The molecule has 1 N–H and O–H groups in total. The van der Waals surface area contributed by atoms with Crippen LogP contribution in [0, 0.1) is 0 Å². The van der Waals surface area contributed by atoms with Crippen molar-refractivity contribution in [2.45, 2.75) is 18.6 Å². The van der Waals surface area contributed by atoms with Gasteiger partial charge in [0.15, 0.2) is 5.60 Å². The maximum Gasteiger partial charge on any atom is 0.349 e. The van der Waals surface area contributed by atoms with E-state index in [4.69, 9.17) is 18.9 Å². The van der Waals surface area contributed by atoms with Crippen LogP contribution in [0.2, 0.25) is 0 Å². The van der Waals surface area contributed by atoms with Gasteiger partial charge in [-0.3, -0.25) is 0 Å². The molecule has 0 aliphatic heterocycles. The summed E-state index contributed by atoms with van der Waals surface area (Å²) in [7, 11) is 2.85. The van der Waals surface area contributed by atoms with Gasteiger partial charge < -0.3 is 24.1 Å². The summed E-state index contributed by atoms with van der Waals surface area (Å²) >= 11 is 0. The van der Waals surface area contributed by atoms with Gasteiger partial charge in [0, 0.05) is 0 Å². The highest BCUT2D eigenvalue weighted by Crippen LogP contribution is 2.34. The van der Waals surface area contributed by atoms with Crippen LogP contribution in [0.4, 0.5) is 0 Å². The third-order valence-electron chi connectivity index (χ3n) is 4.44. The van der Waals surface area contributed by atoms with E-state index >= 15 is 0 Å². The molecule has 8 nitrogen and oxygen atoms in total. The normalized spacial score (nSPS) is 13.6. The lowest BCUT2D eigenvalue weighted by Gasteiger charge is -2.35. The molecule has 0 amide bonds. The van der Waals surface area contributed by atoms with Crippen molar-refractivity contribution >= 4 is 5.97 Å². The Kier molecular flexibility index (Phi) is 6.36. The van der Waals surface area contributed by atoms with Crippen LogP contribution >= 0.6 is 0 Å². The molecule has 0 aliphatic rings. The molecule has 3 rings (SSSR count). The first-order valence-electron chi connectivity index (χ1n) is 9.12. The molecular formula is C22H22N2O6. The monoisotopic (exact) mass is 410 g/mol. The number of ether oxygens (including phenoxy) is 4. The van der Waals surface area contributed by atoms with E-state index in [1.165, 1.54) is 20.3 Å². The van der Waals surface area contributed by atoms with Gasteiger partial charge in [-0.1, -0.05) is 48.5 Å². The summed E-state index contributed by atoms with van der Waals surface area (Å²) in [4.78, 5) is 20.5. The van der Waals surface area contributed by atoms with Crippen LogP contribution in [0.15, 0.2) is 66.7 Å². The average molecular weight is 410 g/mol. The average Bonchev–Trinajstić information content (AvgIpc) is 2.78. The van der Waals surface area contributed by atoms with E-state index in [9.17, 15) is 9.90 Å². The van der Waals surface area contributed by atoms with Crippen LogP contribution in [0.3, 0.4) is 0 Å². The Hall–Kier alpha value is -3.81. The SMILES string of the molecule is COc1cc(OC)nc(OC(C(=O)O)C(C)(Oc2ccccc2)c2ccccc2)n1. The minimum absolute atomic E-state index is 0.173. The van der Waals surface area contributed by atoms with Crippen molar-refractivity contribution in [1.82, 2.24) is 9.97 Å². The van der Waals surface area contributed by atoms with E-state index in [0.29, 0.717) is 11.3 Å². The number of carboxylic acid groups (broad SMARTS) is 1. The van der Waals surface area contributed by atoms with Gasteiger partial charge in [0.25, 0.3) is 0 Å². The van der Waals surface area contributed by atoms with Gasteiger partial charge in [0.2, 0.25) is 17.9 Å². The minimum Gasteiger partial charge on any atom is -0.481 e. The maximum absolute atomic E-state index is 12.3. The first-order chi connectivity index (χ1) is 14.5. The molecule has 0 aliphatic carbocycles. The van der Waals surface area contributed by atoms with E-state index < -0.39 is 17.7 Å². The quantitative estimate of drug-likeness (QED) is 0.573. The number of para-hydroxylation sites is 1. The van der Waals surface area contributed by atoms with E-state index in [1.54, 1.807) is 55.5 Å². The fourth-order valence-corrected chi connectivity index (χ4v) is 2.92. The van der Waals surface area contributed by atoms with Gasteiger partial charge >= 0.3 is 12.0 Å². The van der Waals surface area contributed by atoms with E-state index in [2.05, 4.69) is 9.97 Å². The molecular weight excluding hydrogens is 388 g/mol. The Morgan fingerprint density at radius 3 is 1.97 bits per heavy atom. The zero-order valence-corrected chi connectivity index (χ0v) is 16.8. The van der Waals surface area contributed by atoms with E-state index in [0.717, 1.165) is 0 Å². The van der Waals surface area contributed by atoms with Gasteiger partial charge in [-0.15, -0.1) is 0 Å². The van der Waals surface area contributed by atoms with Crippen LogP contribution in [0.5, 0.6) is 23.5 Å². The first kappa shape index (κ1) is 20.9. The molecule has 30 heavy (non-hydrogen) atoms. The Morgan fingerprint density at radius 2 is 1.47 bits per heavy atom. The molecule has 0 fully saturated rings. The number of nitrogens with zero attached hydrogens (tertiary/aromatic N) is 2. The number of carboxylic acids is 1. The number of carbonyl (C=O) groups is 1. The molecule has 3 aromatic rings. The first-order valence-corrected chi connectivity index (χ1v) is 9.12. The second-order valence-corrected chi connectivity index (χ2v) is 6.46. The van der Waals surface area contributed by atoms with E-state index in [-0.39, 0.29) is 17.8 Å². The minimum atomic E-state index is -1.49. The predicted octanol–water partition coefficient (Wildman–Crippen LogP) is 3.32. The summed E-state index contributed by atoms with van der Waals surface area (Å²) in [6.07, 6.45) is -1.49. The molecule has 0 saturated heterocycles. The standard InChI is InChI=1S/C22H22N2O6/c1-22(15-10-6-4-7-11-15,30-16-12-8-5-9-13-16)19(20(25)26)29-21-23-17(27-2)14-18(24-21)28-3/h4-14,19H,1-3H3,(H,25,26). The highest BCUT2D eigenvalue weighted by atomic mass is 16.6. The summed E-state index contributed by atoms with van der Waals surface area (Å²) < 4.78 is 22.1. The summed E-state index contributed by atoms with van der Waals surface area (Å²) in [6.45, 7) is 1.64. The van der Waals surface area contributed by atoms with Crippen LogP contribution < -0.4 is 18.9 Å². The molecule has 0 spiro atoms. The number of hydrogen-bond donors (Lipinski definition) is 1. The van der Waals surface area contributed by atoms with Gasteiger partial charge in [-0.25, -0.2) is 4.79 Å². The lowest BCUT2D eigenvalue weighted by atomic mass is 9.89. The second kappa shape index (κ2) is 9.13. The number of aromatic nitrogens is 2. The molecule has 2 unspecified atom stereocenters. The van der Waals surface area contributed by atoms with Crippen LogP contribution in [-0.2, 0) is 10.4 Å². The van der Waals surface area contributed by atoms with Gasteiger partial charge in [-0.05, 0) is 24.6 Å². The molecule has 156 valence electrons. The molecule has 0 radical (unpaired) electrons. The van der Waals surface area contributed by atoms with Crippen LogP contribution in [0.1, 0.15) is 12.5 Å². The Morgan fingerprint density at radius 1 is 0.933 bits per heavy atom. The molecule has 2 atom stereocenters. The Balaban J connectivity index is 2.05. The van der Waals surface area contributed by atoms with Crippen molar-refractivity contribution in [3.8, 4) is 23.5 Å². The molecule has 0 bridgehead atoms. The highest BCUT2D eigenvalue weighted by molar-refractivity contribution is 5.75. The van der Waals surface area contributed by atoms with Crippen LogP contribution in [-0.4, -0.2) is 41.4 Å². The number of hydrogen-bond acceptors (Lipinski definition) is 7. The summed E-state index contributed by atoms with van der Waals surface area (Å²) in [5.74, 6) is -0.414. The predicted molar refractivity (Wildman–Crippen MR) is 108 cm³/mol. The van der Waals surface area contributed by atoms with Crippen LogP contribution in [0.25, 0.3) is 0 Å². The molecule has 1 aromatic heterocycles. The fourth-order valence-electron chi connectivity index (χ4n) is 2.92. The second-order valence-electron chi connectivity index (χ2n) is 6.46. The van der Waals surface area contributed by atoms with Gasteiger partial charge in [0.1, 0.15) is 5.75 Å². The molecule has 0 saturated carbocycles. The number of methoxy groups -OCH3 is 2. The summed E-state index contributed by atoms with van der Waals surface area (Å²) in [5.41, 5.74) is -0.801. The molecule has 1 heterocycles. The maximum atomic E-state index is 12.3. The number of benzene rings is 2. The zero-order chi connectivity index (χ0) is 21.6. The third kappa shape index (κ3) is 4.60. The van der Waals surface area contributed by atoms with Crippen molar-refractivity contribution in [1.29, 1.82) is 0 Å². The van der Waals surface area contributed by atoms with Crippen molar-refractivity contribution in [2.75, 3.05) is 14.2 Å². The van der Waals surface area contributed by atoms with Crippen molar-refractivity contribution in [2.24, 2.45) is 0 Å². The van der Waals surface area contributed by atoms with Crippen molar-refractivity contribution < 1.29 is 28.8 Å². The number of rotatable bonds is 9. The topological polar surface area (TPSA) is 100 Å². The zero-order valence-electron chi connectivity index (χ0n) is 16.8.